The number of dihydropyridines is 1. The summed E-state index contributed by atoms with van der Waals surface area (Å²) in [6.45, 7) is 1.32. The Bertz CT molecular complexity index is 599. The van der Waals surface area contributed by atoms with Crippen molar-refractivity contribution in [2.24, 2.45) is 10.9 Å². The van der Waals surface area contributed by atoms with Gasteiger partial charge < -0.3 is 14.8 Å². The van der Waals surface area contributed by atoms with E-state index in [4.69, 9.17) is 9.47 Å². The predicted octanol–water partition coefficient (Wildman–Crippen LogP) is 2.38. The zero-order chi connectivity index (χ0) is 15.9. The van der Waals surface area contributed by atoms with Crippen molar-refractivity contribution < 1.29 is 14.3 Å². The summed E-state index contributed by atoms with van der Waals surface area (Å²) in [4.78, 5) is 15.3. The number of hydrogen-bond donors (Lipinski definition) is 1. The van der Waals surface area contributed by atoms with Gasteiger partial charge in [0.2, 0.25) is 0 Å². The summed E-state index contributed by atoms with van der Waals surface area (Å²) in [5.74, 6) is 1.31. The van der Waals surface area contributed by atoms with Gasteiger partial charge in [0.1, 0.15) is 11.5 Å². The Morgan fingerprint density at radius 1 is 1.27 bits per heavy atom. The number of methoxy groups -OCH3 is 2. The van der Waals surface area contributed by atoms with Crippen LogP contribution in [0.15, 0.2) is 33.7 Å². The molecule has 118 valence electrons. The summed E-state index contributed by atoms with van der Waals surface area (Å²) < 4.78 is 11.6. The standard InChI is InChI=1S/C16H19BrN2O3/c1-21-14-9-13(17)15(22-2)8-11(14)5-7-18-10-12-4-3-6-19-16(12)20/h3-4,6,8-9,12,18H,5,7,10H2,1-2H3. The molecule has 0 radical (unpaired) electrons. The van der Waals surface area contributed by atoms with E-state index >= 15 is 0 Å². The molecule has 1 heterocycles. The molecule has 0 saturated heterocycles. The number of amides is 1. The highest BCUT2D eigenvalue weighted by Gasteiger charge is 2.15. The van der Waals surface area contributed by atoms with Crippen LogP contribution in [-0.2, 0) is 11.2 Å². The summed E-state index contributed by atoms with van der Waals surface area (Å²) in [5, 5.41) is 3.28. The third kappa shape index (κ3) is 4.18. The number of carbonyl (C=O) groups is 1. The number of allylic oxidation sites excluding steroid dienone is 1. The van der Waals surface area contributed by atoms with Crippen molar-refractivity contribution in [3.63, 3.8) is 0 Å². The van der Waals surface area contributed by atoms with Crippen molar-refractivity contribution in [3.8, 4) is 11.5 Å². The maximum absolute atomic E-state index is 11.5. The van der Waals surface area contributed by atoms with Crippen LogP contribution in [0.2, 0.25) is 0 Å². The number of rotatable bonds is 7. The van der Waals surface area contributed by atoms with E-state index in [1.165, 1.54) is 6.21 Å². The first-order valence-corrected chi connectivity index (χ1v) is 7.80. The van der Waals surface area contributed by atoms with Crippen LogP contribution in [0.5, 0.6) is 11.5 Å². The highest BCUT2D eigenvalue weighted by atomic mass is 79.9. The van der Waals surface area contributed by atoms with Gasteiger partial charge in [0.05, 0.1) is 24.6 Å². The summed E-state index contributed by atoms with van der Waals surface area (Å²) in [5.41, 5.74) is 1.05. The second kappa shape index (κ2) is 8.10. The molecule has 1 amide bonds. The van der Waals surface area contributed by atoms with Gasteiger partial charge in [-0.2, -0.15) is 0 Å². The monoisotopic (exact) mass is 366 g/mol. The number of hydrogen-bond acceptors (Lipinski definition) is 4. The third-order valence-corrected chi connectivity index (χ3v) is 4.06. The largest absolute Gasteiger partial charge is 0.496 e. The normalized spacial score (nSPS) is 16.9. The fourth-order valence-corrected chi connectivity index (χ4v) is 2.72. The van der Waals surface area contributed by atoms with Gasteiger partial charge in [0.25, 0.3) is 5.91 Å². The first-order valence-electron chi connectivity index (χ1n) is 7.01. The molecule has 2 rings (SSSR count). The maximum Gasteiger partial charge on any atom is 0.253 e. The van der Waals surface area contributed by atoms with Crippen LogP contribution >= 0.6 is 15.9 Å². The van der Waals surface area contributed by atoms with E-state index in [1.807, 2.05) is 18.2 Å². The van der Waals surface area contributed by atoms with Crippen LogP contribution in [0.3, 0.4) is 0 Å². The Balaban J connectivity index is 1.90. The van der Waals surface area contributed by atoms with Gasteiger partial charge in [-0.15, -0.1) is 0 Å². The van der Waals surface area contributed by atoms with E-state index in [1.54, 1.807) is 20.3 Å². The van der Waals surface area contributed by atoms with Crippen LogP contribution in [0, 0.1) is 5.92 Å². The quantitative estimate of drug-likeness (QED) is 0.752. The molecular formula is C16H19BrN2O3. The van der Waals surface area contributed by atoms with Crippen molar-refractivity contribution in [1.29, 1.82) is 0 Å². The lowest BCUT2D eigenvalue weighted by Crippen LogP contribution is -2.29. The number of carbonyl (C=O) groups excluding carboxylic acids is 1. The predicted molar refractivity (Wildman–Crippen MR) is 89.9 cm³/mol. The van der Waals surface area contributed by atoms with Crippen molar-refractivity contribution in [2.45, 2.75) is 6.42 Å². The minimum absolute atomic E-state index is 0.0992. The molecule has 1 aromatic rings. The molecule has 1 N–H and O–H groups in total. The maximum atomic E-state index is 11.5. The molecule has 22 heavy (non-hydrogen) atoms. The molecule has 1 aromatic carbocycles. The number of aliphatic imine (C=N–C) groups is 1. The zero-order valence-corrected chi connectivity index (χ0v) is 14.2. The van der Waals surface area contributed by atoms with Gasteiger partial charge in [-0.3, -0.25) is 4.79 Å². The number of halogens is 1. The molecule has 1 aliphatic heterocycles. The smallest absolute Gasteiger partial charge is 0.253 e. The topological polar surface area (TPSA) is 59.9 Å². The molecule has 0 fully saturated rings. The minimum Gasteiger partial charge on any atom is -0.496 e. The highest BCUT2D eigenvalue weighted by Crippen LogP contribution is 2.32. The van der Waals surface area contributed by atoms with E-state index in [-0.39, 0.29) is 11.8 Å². The Labute approximate surface area is 138 Å². The van der Waals surface area contributed by atoms with Gasteiger partial charge in [-0.05, 0) is 52.7 Å². The lowest BCUT2D eigenvalue weighted by molar-refractivity contribution is -0.120. The summed E-state index contributed by atoms with van der Waals surface area (Å²) in [6.07, 6.45) is 5.97. The first-order chi connectivity index (χ1) is 10.7. The molecule has 6 heteroatoms. The molecule has 5 nitrogen and oxygen atoms in total. The van der Waals surface area contributed by atoms with Crippen LogP contribution < -0.4 is 14.8 Å². The second-order valence-corrected chi connectivity index (χ2v) is 5.71. The first kappa shape index (κ1) is 16.7. The minimum atomic E-state index is -0.175. The van der Waals surface area contributed by atoms with Gasteiger partial charge in [0.15, 0.2) is 0 Å². The van der Waals surface area contributed by atoms with Crippen molar-refractivity contribution in [1.82, 2.24) is 5.32 Å². The average molecular weight is 367 g/mol. The van der Waals surface area contributed by atoms with Crippen LogP contribution in [0.4, 0.5) is 0 Å². The lowest BCUT2D eigenvalue weighted by Gasteiger charge is -2.14. The van der Waals surface area contributed by atoms with Gasteiger partial charge >= 0.3 is 0 Å². The molecule has 1 aliphatic rings. The lowest BCUT2D eigenvalue weighted by atomic mass is 10.1. The molecule has 0 bridgehead atoms. The molecule has 0 saturated carbocycles. The Hall–Kier alpha value is -1.66. The van der Waals surface area contributed by atoms with E-state index in [2.05, 4.69) is 26.2 Å². The van der Waals surface area contributed by atoms with Crippen LogP contribution in [0.25, 0.3) is 0 Å². The van der Waals surface area contributed by atoms with Gasteiger partial charge in [-0.1, -0.05) is 6.08 Å². The van der Waals surface area contributed by atoms with Gasteiger partial charge in [-0.25, -0.2) is 4.99 Å². The van der Waals surface area contributed by atoms with Crippen molar-refractivity contribution >= 4 is 28.1 Å². The number of ether oxygens (including phenoxy) is 2. The summed E-state index contributed by atoms with van der Waals surface area (Å²) >= 11 is 3.44. The molecule has 0 aliphatic carbocycles. The fourth-order valence-electron chi connectivity index (χ4n) is 2.23. The Kier molecular flexibility index (Phi) is 6.15. The Morgan fingerprint density at radius 3 is 2.73 bits per heavy atom. The Morgan fingerprint density at radius 2 is 2.05 bits per heavy atom. The van der Waals surface area contributed by atoms with E-state index in [0.29, 0.717) is 6.54 Å². The van der Waals surface area contributed by atoms with Crippen LogP contribution in [-0.4, -0.2) is 39.4 Å². The van der Waals surface area contributed by atoms with Crippen molar-refractivity contribution in [2.75, 3.05) is 27.3 Å². The van der Waals surface area contributed by atoms with Crippen molar-refractivity contribution in [3.05, 3.63) is 34.3 Å². The number of benzene rings is 1. The van der Waals surface area contributed by atoms with Gasteiger partial charge in [0, 0.05) is 12.8 Å². The zero-order valence-electron chi connectivity index (χ0n) is 12.6. The van der Waals surface area contributed by atoms with E-state index in [9.17, 15) is 4.79 Å². The third-order valence-electron chi connectivity index (χ3n) is 3.44. The van der Waals surface area contributed by atoms with Crippen LogP contribution in [0.1, 0.15) is 5.56 Å². The summed E-state index contributed by atoms with van der Waals surface area (Å²) in [6, 6.07) is 3.86. The molecular weight excluding hydrogens is 348 g/mol. The highest BCUT2D eigenvalue weighted by molar-refractivity contribution is 9.10. The van der Waals surface area contributed by atoms with E-state index < -0.39 is 0 Å². The molecule has 1 unspecified atom stereocenters. The molecule has 1 atom stereocenters. The number of nitrogens with one attached hydrogen (secondary N) is 1. The van der Waals surface area contributed by atoms with E-state index in [0.717, 1.165) is 34.5 Å². The molecule has 0 aromatic heterocycles. The fraction of sp³-hybridized carbons (Fsp3) is 0.375. The average Bonchev–Trinajstić information content (AvgIpc) is 2.53. The summed E-state index contributed by atoms with van der Waals surface area (Å²) in [7, 11) is 3.28. The SMILES string of the molecule is COc1cc(CCNCC2C=CC=NC2=O)c(OC)cc1Br. The second-order valence-electron chi connectivity index (χ2n) is 4.86. The molecule has 0 spiro atoms. The number of nitrogens with zero attached hydrogens (tertiary/aromatic N) is 1.